The third-order valence-corrected chi connectivity index (χ3v) is 2.61. The van der Waals surface area contributed by atoms with Gasteiger partial charge in [0.25, 0.3) is 0 Å². The number of hydrogen-bond acceptors (Lipinski definition) is 2. The molecular formula is C11H17NO. The van der Waals surface area contributed by atoms with Crippen molar-refractivity contribution < 1.29 is 4.42 Å². The molecule has 1 aliphatic carbocycles. The quantitative estimate of drug-likeness (QED) is 0.751. The smallest absolute Gasteiger partial charge is 0.0950 e. The van der Waals surface area contributed by atoms with Crippen LogP contribution in [0.25, 0.3) is 0 Å². The van der Waals surface area contributed by atoms with E-state index in [4.69, 9.17) is 4.42 Å². The van der Waals surface area contributed by atoms with Gasteiger partial charge in [0.2, 0.25) is 0 Å². The molecule has 0 spiro atoms. The SMILES string of the molecule is CCCNC(c1ccoc1)C1CC1. The lowest BCUT2D eigenvalue weighted by Gasteiger charge is -2.15. The van der Waals surface area contributed by atoms with E-state index in [1.54, 1.807) is 6.26 Å². The standard InChI is InChI=1S/C11H17NO/c1-2-6-12-11(9-3-4-9)10-5-7-13-8-10/h5,7-9,11-12H,2-4,6H2,1H3. The van der Waals surface area contributed by atoms with Crippen LogP contribution in [0.4, 0.5) is 0 Å². The summed E-state index contributed by atoms with van der Waals surface area (Å²) in [4.78, 5) is 0. The molecule has 0 saturated heterocycles. The maximum Gasteiger partial charge on any atom is 0.0950 e. The summed E-state index contributed by atoms with van der Waals surface area (Å²) in [6.07, 6.45) is 7.56. The van der Waals surface area contributed by atoms with E-state index in [0.29, 0.717) is 6.04 Å². The van der Waals surface area contributed by atoms with E-state index in [1.807, 2.05) is 6.26 Å². The van der Waals surface area contributed by atoms with Gasteiger partial charge in [-0.1, -0.05) is 6.92 Å². The predicted octanol–water partition coefficient (Wildman–Crippen LogP) is 2.73. The van der Waals surface area contributed by atoms with Crippen molar-refractivity contribution in [2.24, 2.45) is 5.92 Å². The minimum atomic E-state index is 0.540. The minimum Gasteiger partial charge on any atom is -0.472 e. The first-order chi connectivity index (χ1) is 6.42. The molecule has 1 fully saturated rings. The van der Waals surface area contributed by atoms with E-state index in [0.717, 1.165) is 12.5 Å². The van der Waals surface area contributed by atoms with Gasteiger partial charge in [0.15, 0.2) is 0 Å². The molecular weight excluding hydrogens is 162 g/mol. The molecule has 0 bridgehead atoms. The minimum absolute atomic E-state index is 0.540. The second kappa shape index (κ2) is 3.97. The van der Waals surface area contributed by atoms with E-state index in [-0.39, 0.29) is 0 Å². The molecule has 1 aromatic rings. The van der Waals surface area contributed by atoms with Gasteiger partial charge in [-0.25, -0.2) is 0 Å². The van der Waals surface area contributed by atoms with Crippen molar-refractivity contribution in [1.82, 2.24) is 5.32 Å². The predicted molar refractivity (Wildman–Crippen MR) is 52.5 cm³/mol. The van der Waals surface area contributed by atoms with Crippen molar-refractivity contribution in [2.45, 2.75) is 32.2 Å². The number of furan rings is 1. The Morgan fingerprint density at radius 3 is 3.00 bits per heavy atom. The third-order valence-electron chi connectivity index (χ3n) is 2.61. The molecule has 72 valence electrons. The van der Waals surface area contributed by atoms with Gasteiger partial charge in [-0.2, -0.15) is 0 Å². The zero-order valence-electron chi connectivity index (χ0n) is 8.12. The van der Waals surface area contributed by atoms with Crippen LogP contribution in [0.5, 0.6) is 0 Å². The fourth-order valence-electron chi connectivity index (χ4n) is 1.74. The lowest BCUT2D eigenvalue weighted by Crippen LogP contribution is -2.23. The third kappa shape index (κ3) is 2.13. The molecule has 1 aliphatic rings. The molecule has 1 heterocycles. The molecule has 2 nitrogen and oxygen atoms in total. The van der Waals surface area contributed by atoms with Crippen molar-refractivity contribution in [2.75, 3.05) is 6.54 Å². The highest BCUT2D eigenvalue weighted by Crippen LogP contribution is 2.40. The molecule has 1 atom stereocenters. The van der Waals surface area contributed by atoms with Crippen LogP contribution in [0.3, 0.4) is 0 Å². The zero-order chi connectivity index (χ0) is 9.10. The summed E-state index contributed by atoms with van der Waals surface area (Å²) < 4.78 is 5.11. The topological polar surface area (TPSA) is 25.2 Å². The monoisotopic (exact) mass is 179 g/mol. The molecule has 13 heavy (non-hydrogen) atoms. The van der Waals surface area contributed by atoms with Crippen molar-refractivity contribution in [1.29, 1.82) is 0 Å². The molecule has 1 saturated carbocycles. The first-order valence-electron chi connectivity index (χ1n) is 5.17. The van der Waals surface area contributed by atoms with Crippen LogP contribution in [-0.2, 0) is 0 Å². The number of nitrogens with one attached hydrogen (secondary N) is 1. The molecule has 2 rings (SSSR count). The molecule has 1 unspecified atom stereocenters. The first-order valence-corrected chi connectivity index (χ1v) is 5.17. The van der Waals surface area contributed by atoms with Gasteiger partial charge in [-0.3, -0.25) is 0 Å². The summed E-state index contributed by atoms with van der Waals surface area (Å²) in [6, 6.07) is 2.62. The van der Waals surface area contributed by atoms with Crippen LogP contribution < -0.4 is 5.32 Å². The van der Waals surface area contributed by atoms with Crippen LogP contribution in [-0.4, -0.2) is 6.54 Å². The molecule has 1 aromatic heterocycles. The normalized spacial score (nSPS) is 18.8. The lowest BCUT2D eigenvalue weighted by atomic mass is 10.1. The molecule has 0 radical (unpaired) electrons. The number of rotatable bonds is 5. The van der Waals surface area contributed by atoms with E-state index >= 15 is 0 Å². The summed E-state index contributed by atoms with van der Waals surface area (Å²) in [7, 11) is 0. The maximum absolute atomic E-state index is 5.11. The van der Waals surface area contributed by atoms with Crippen LogP contribution in [0.2, 0.25) is 0 Å². The summed E-state index contributed by atoms with van der Waals surface area (Å²) >= 11 is 0. The largest absolute Gasteiger partial charge is 0.472 e. The Morgan fingerprint density at radius 1 is 1.62 bits per heavy atom. The Bertz CT molecular complexity index is 239. The highest BCUT2D eigenvalue weighted by atomic mass is 16.3. The van der Waals surface area contributed by atoms with Gasteiger partial charge < -0.3 is 9.73 Å². The van der Waals surface area contributed by atoms with Gasteiger partial charge in [0, 0.05) is 11.6 Å². The Kier molecular flexibility index (Phi) is 2.69. The molecule has 2 heteroatoms. The molecule has 0 aliphatic heterocycles. The van der Waals surface area contributed by atoms with Gasteiger partial charge in [0.1, 0.15) is 0 Å². The van der Waals surface area contributed by atoms with Crippen LogP contribution >= 0.6 is 0 Å². The molecule has 0 aromatic carbocycles. The maximum atomic E-state index is 5.11. The van der Waals surface area contributed by atoms with E-state index in [1.165, 1.54) is 24.8 Å². The summed E-state index contributed by atoms with van der Waals surface area (Å²) in [5.41, 5.74) is 1.32. The van der Waals surface area contributed by atoms with E-state index in [9.17, 15) is 0 Å². The van der Waals surface area contributed by atoms with Gasteiger partial charge in [-0.15, -0.1) is 0 Å². The van der Waals surface area contributed by atoms with E-state index in [2.05, 4.69) is 18.3 Å². The Balaban J connectivity index is 1.97. The van der Waals surface area contributed by atoms with Crippen molar-refractivity contribution in [3.8, 4) is 0 Å². The highest BCUT2D eigenvalue weighted by molar-refractivity contribution is 5.14. The second-order valence-corrected chi connectivity index (χ2v) is 3.83. The van der Waals surface area contributed by atoms with Crippen LogP contribution in [0.15, 0.2) is 23.0 Å². The van der Waals surface area contributed by atoms with Crippen LogP contribution in [0, 0.1) is 5.92 Å². The summed E-state index contributed by atoms with van der Waals surface area (Å²) in [5, 5.41) is 3.57. The Morgan fingerprint density at radius 2 is 2.46 bits per heavy atom. The summed E-state index contributed by atoms with van der Waals surface area (Å²) in [6.45, 7) is 3.30. The van der Waals surface area contributed by atoms with Gasteiger partial charge in [-0.05, 0) is 37.8 Å². The Hall–Kier alpha value is -0.760. The van der Waals surface area contributed by atoms with Gasteiger partial charge >= 0.3 is 0 Å². The van der Waals surface area contributed by atoms with Crippen LogP contribution in [0.1, 0.15) is 37.8 Å². The number of hydrogen-bond donors (Lipinski definition) is 1. The molecule has 0 amide bonds. The second-order valence-electron chi connectivity index (χ2n) is 3.83. The fourth-order valence-corrected chi connectivity index (χ4v) is 1.74. The van der Waals surface area contributed by atoms with Crippen molar-refractivity contribution >= 4 is 0 Å². The Labute approximate surface area is 79.3 Å². The van der Waals surface area contributed by atoms with Crippen molar-refractivity contribution in [3.63, 3.8) is 0 Å². The zero-order valence-corrected chi connectivity index (χ0v) is 8.12. The summed E-state index contributed by atoms with van der Waals surface area (Å²) in [5.74, 6) is 0.851. The average Bonchev–Trinajstić information content (AvgIpc) is 2.82. The average molecular weight is 179 g/mol. The van der Waals surface area contributed by atoms with Crippen molar-refractivity contribution in [3.05, 3.63) is 24.2 Å². The van der Waals surface area contributed by atoms with E-state index < -0.39 is 0 Å². The van der Waals surface area contributed by atoms with Gasteiger partial charge in [0.05, 0.1) is 12.5 Å². The molecule has 1 N–H and O–H groups in total. The highest BCUT2D eigenvalue weighted by Gasteiger charge is 2.32. The lowest BCUT2D eigenvalue weighted by molar-refractivity contribution is 0.472. The fraction of sp³-hybridized carbons (Fsp3) is 0.636. The first kappa shape index (κ1) is 8.82.